The second-order valence-electron chi connectivity index (χ2n) is 7.09. The molecule has 0 aromatic heterocycles. The molecule has 3 aromatic carbocycles. The second kappa shape index (κ2) is 7.86. The standard InChI is InChI=1S/C24H25NO/c1-25-16-20-11-5-7-13-23(20)24-14-8-6-12-21(24)17-26-18-22(25)15-19-9-3-2-4-10-19/h2-14,22H,15-18H2,1H3. The van der Waals surface area contributed by atoms with E-state index in [2.05, 4.69) is 90.8 Å². The summed E-state index contributed by atoms with van der Waals surface area (Å²) in [7, 11) is 2.21. The molecule has 1 atom stereocenters. The van der Waals surface area contributed by atoms with Crippen LogP contribution in [0.25, 0.3) is 11.1 Å². The van der Waals surface area contributed by atoms with Gasteiger partial charge in [0.05, 0.1) is 13.2 Å². The van der Waals surface area contributed by atoms with Gasteiger partial charge in [-0.1, -0.05) is 78.9 Å². The van der Waals surface area contributed by atoms with E-state index in [0.29, 0.717) is 12.6 Å². The van der Waals surface area contributed by atoms with Crippen LogP contribution in [0.2, 0.25) is 0 Å². The highest BCUT2D eigenvalue weighted by Gasteiger charge is 2.20. The summed E-state index contributed by atoms with van der Waals surface area (Å²) in [4.78, 5) is 2.43. The highest BCUT2D eigenvalue weighted by Crippen LogP contribution is 2.30. The lowest BCUT2D eigenvalue weighted by molar-refractivity contribution is 0.0570. The minimum atomic E-state index is 0.357. The molecule has 0 bridgehead atoms. The van der Waals surface area contributed by atoms with E-state index in [1.54, 1.807) is 0 Å². The summed E-state index contributed by atoms with van der Waals surface area (Å²) >= 11 is 0. The van der Waals surface area contributed by atoms with Crippen LogP contribution in [-0.4, -0.2) is 24.6 Å². The van der Waals surface area contributed by atoms with Crippen molar-refractivity contribution in [3.8, 4) is 11.1 Å². The molecule has 1 aliphatic heterocycles. The molecule has 132 valence electrons. The third kappa shape index (κ3) is 3.72. The zero-order valence-electron chi connectivity index (χ0n) is 15.3. The minimum absolute atomic E-state index is 0.357. The molecule has 0 saturated carbocycles. The zero-order valence-corrected chi connectivity index (χ0v) is 15.3. The molecule has 2 heteroatoms. The monoisotopic (exact) mass is 343 g/mol. The van der Waals surface area contributed by atoms with Gasteiger partial charge in [0.15, 0.2) is 0 Å². The van der Waals surface area contributed by atoms with Gasteiger partial charge in [0.25, 0.3) is 0 Å². The lowest BCUT2D eigenvalue weighted by atomic mass is 9.94. The maximum Gasteiger partial charge on any atom is 0.0723 e. The van der Waals surface area contributed by atoms with Crippen LogP contribution in [0.15, 0.2) is 78.9 Å². The molecule has 0 aliphatic carbocycles. The Morgan fingerprint density at radius 2 is 1.42 bits per heavy atom. The average Bonchev–Trinajstić information content (AvgIpc) is 2.68. The van der Waals surface area contributed by atoms with E-state index < -0.39 is 0 Å². The summed E-state index contributed by atoms with van der Waals surface area (Å²) in [5, 5.41) is 0. The fourth-order valence-electron chi connectivity index (χ4n) is 3.76. The summed E-state index contributed by atoms with van der Waals surface area (Å²) in [6.07, 6.45) is 1.00. The van der Waals surface area contributed by atoms with E-state index in [9.17, 15) is 0 Å². The van der Waals surface area contributed by atoms with E-state index in [-0.39, 0.29) is 0 Å². The summed E-state index contributed by atoms with van der Waals surface area (Å²) in [5.74, 6) is 0. The molecule has 0 amide bonds. The zero-order chi connectivity index (χ0) is 17.8. The van der Waals surface area contributed by atoms with Crippen LogP contribution in [0.4, 0.5) is 0 Å². The van der Waals surface area contributed by atoms with Crippen molar-refractivity contribution in [2.75, 3.05) is 13.7 Å². The third-order valence-electron chi connectivity index (χ3n) is 5.25. The number of fused-ring (bicyclic) bond motifs is 3. The Hall–Kier alpha value is -2.42. The van der Waals surface area contributed by atoms with Crippen molar-refractivity contribution in [3.63, 3.8) is 0 Å². The van der Waals surface area contributed by atoms with Crippen molar-refractivity contribution in [3.05, 3.63) is 95.6 Å². The Morgan fingerprint density at radius 3 is 2.19 bits per heavy atom. The molecule has 1 heterocycles. The largest absolute Gasteiger partial charge is 0.375 e. The first-order valence-corrected chi connectivity index (χ1v) is 9.29. The molecule has 0 spiro atoms. The van der Waals surface area contributed by atoms with E-state index in [1.807, 2.05) is 0 Å². The lowest BCUT2D eigenvalue weighted by Crippen LogP contribution is -2.37. The Balaban J connectivity index is 1.67. The van der Waals surface area contributed by atoms with Gasteiger partial charge in [0.2, 0.25) is 0 Å². The Bertz CT molecular complexity index is 859. The molecular weight excluding hydrogens is 318 g/mol. The van der Waals surface area contributed by atoms with Crippen LogP contribution < -0.4 is 0 Å². The highest BCUT2D eigenvalue weighted by atomic mass is 16.5. The molecule has 1 aliphatic rings. The molecule has 3 aromatic rings. The van der Waals surface area contributed by atoms with Crippen molar-refractivity contribution in [1.82, 2.24) is 4.90 Å². The topological polar surface area (TPSA) is 12.5 Å². The fourth-order valence-corrected chi connectivity index (χ4v) is 3.76. The fraction of sp³-hybridized carbons (Fsp3) is 0.250. The number of nitrogens with zero attached hydrogens (tertiary/aromatic N) is 1. The number of hydrogen-bond acceptors (Lipinski definition) is 2. The summed E-state index contributed by atoms with van der Waals surface area (Å²) < 4.78 is 6.17. The number of ether oxygens (including phenoxy) is 1. The predicted molar refractivity (Wildman–Crippen MR) is 107 cm³/mol. The van der Waals surface area contributed by atoms with E-state index >= 15 is 0 Å². The van der Waals surface area contributed by atoms with Crippen molar-refractivity contribution in [1.29, 1.82) is 0 Å². The SMILES string of the molecule is CN1Cc2ccccc2-c2ccccc2COCC1Cc1ccccc1. The smallest absolute Gasteiger partial charge is 0.0723 e. The molecule has 0 N–H and O–H groups in total. The van der Waals surface area contributed by atoms with Crippen LogP contribution in [0.5, 0.6) is 0 Å². The second-order valence-corrected chi connectivity index (χ2v) is 7.09. The van der Waals surface area contributed by atoms with Gasteiger partial charge in [0, 0.05) is 12.6 Å². The summed E-state index contributed by atoms with van der Waals surface area (Å²) in [5.41, 5.74) is 6.61. The Labute approximate surface area is 156 Å². The van der Waals surface area contributed by atoms with Crippen LogP contribution in [0, 0.1) is 0 Å². The van der Waals surface area contributed by atoms with Crippen molar-refractivity contribution in [2.45, 2.75) is 25.6 Å². The van der Waals surface area contributed by atoms with Crippen LogP contribution in [-0.2, 0) is 24.3 Å². The molecule has 0 fully saturated rings. The highest BCUT2D eigenvalue weighted by molar-refractivity contribution is 5.70. The van der Waals surface area contributed by atoms with Crippen LogP contribution in [0.3, 0.4) is 0 Å². The number of hydrogen-bond donors (Lipinski definition) is 0. The quantitative estimate of drug-likeness (QED) is 0.654. The van der Waals surface area contributed by atoms with Gasteiger partial charge in [-0.2, -0.15) is 0 Å². The van der Waals surface area contributed by atoms with Gasteiger partial charge in [-0.3, -0.25) is 4.90 Å². The third-order valence-corrected chi connectivity index (χ3v) is 5.25. The molecule has 0 saturated heterocycles. The molecule has 2 nitrogen and oxygen atoms in total. The van der Waals surface area contributed by atoms with Gasteiger partial charge in [0.1, 0.15) is 0 Å². The van der Waals surface area contributed by atoms with Crippen LogP contribution >= 0.6 is 0 Å². The number of likely N-dealkylation sites (N-methyl/N-ethyl adjacent to an activating group) is 1. The van der Waals surface area contributed by atoms with E-state index in [4.69, 9.17) is 4.74 Å². The molecule has 1 unspecified atom stereocenters. The molecule has 26 heavy (non-hydrogen) atoms. The van der Waals surface area contributed by atoms with Gasteiger partial charge in [-0.05, 0) is 41.3 Å². The Morgan fingerprint density at radius 1 is 0.808 bits per heavy atom. The van der Waals surface area contributed by atoms with Gasteiger partial charge in [-0.15, -0.1) is 0 Å². The number of rotatable bonds is 2. The molecule has 4 rings (SSSR count). The van der Waals surface area contributed by atoms with Crippen molar-refractivity contribution in [2.24, 2.45) is 0 Å². The molecule has 0 radical (unpaired) electrons. The van der Waals surface area contributed by atoms with Gasteiger partial charge < -0.3 is 4.74 Å². The van der Waals surface area contributed by atoms with Gasteiger partial charge >= 0.3 is 0 Å². The van der Waals surface area contributed by atoms with Gasteiger partial charge in [-0.25, -0.2) is 0 Å². The van der Waals surface area contributed by atoms with Crippen LogP contribution in [0.1, 0.15) is 16.7 Å². The lowest BCUT2D eigenvalue weighted by Gasteiger charge is -2.30. The maximum absolute atomic E-state index is 6.17. The van der Waals surface area contributed by atoms with Crippen molar-refractivity contribution < 1.29 is 4.74 Å². The first-order valence-electron chi connectivity index (χ1n) is 9.29. The normalized spacial score (nSPS) is 18.0. The predicted octanol–water partition coefficient (Wildman–Crippen LogP) is 4.93. The van der Waals surface area contributed by atoms with E-state index in [1.165, 1.54) is 27.8 Å². The van der Waals surface area contributed by atoms with Crippen molar-refractivity contribution >= 4 is 0 Å². The number of benzene rings is 3. The first kappa shape index (κ1) is 17.0. The molecular formula is C24H25NO. The minimum Gasteiger partial charge on any atom is -0.375 e. The van der Waals surface area contributed by atoms with E-state index in [0.717, 1.165) is 19.6 Å². The first-order chi connectivity index (χ1) is 12.8. The summed E-state index contributed by atoms with van der Waals surface area (Å²) in [6, 6.07) is 28.4. The average molecular weight is 343 g/mol. The summed E-state index contributed by atoms with van der Waals surface area (Å²) in [6.45, 7) is 2.32. The Kier molecular flexibility index (Phi) is 5.14. The maximum atomic E-state index is 6.17.